The third kappa shape index (κ3) is 4.36. The molecule has 0 heterocycles. The highest BCUT2D eigenvalue weighted by Gasteiger charge is 2.25. The first-order valence-corrected chi connectivity index (χ1v) is 6.65. The van der Waals surface area contributed by atoms with Gasteiger partial charge in [-0.3, -0.25) is 4.79 Å². The third-order valence-electron chi connectivity index (χ3n) is 3.72. The Hall–Kier alpha value is -0.330. The van der Waals surface area contributed by atoms with Crippen molar-refractivity contribution in [1.29, 1.82) is 0 Å². The molecule has 2 atom stereocenters. The highest BCUT2D eigenvalue weighted by molar-refractivity contribution is 5.78. The zero-order valence-electron chi connectivity index (χ0n) is 10.6. The summed E-state index contributed by atoms with van der Waals surface area (Å²) in [7, 11) is 0. The minimum absolute atomic E-state index is 0.496. The van der Waals surface area contributed by atoms with E-state index in [1.165, 1.54) is 32.1 Å². The van der Waals surface area contributed by atoms with Gasteiger partial charge in [-0.05, 0) is 24.2 Å². The molecule has 15 heavy (non-hydrogen) atoms. The zero-order chi connectivity index (χ0) is 11.3. The van der Waals surface area contributed by atoms with Gasteiger partial charge in [-0.1, -0.05) is 46.5 Å². The molecule has 0 bridgehead atoms. The largest absolute Gasteiger partial charge is 0.300 e. The minimum Gasteiger partial charge on any atom is -0.300 e. The summed E-state index contributed by atoms with van der Waals surface area (Å²) in [6, 6.07) is 0. The second-order valence-electron chi connectivity index (χ2n) is 5.55. The highest BCUT2D eigenvalue weighted by atomic mass is 16.1. The van der Waals surface area contributed by atoms with Crippen LogP contribution in [0, 0.1) is 17.8 Å². The van der Waals surface area contributed by atoms with E-state index in [2.05, 4.69) is 20.8 Å². The monoisotopic (exact) mass is 210 g/mol. The molecule has 1 aliphatic rings. The van der Waals surface area contributed by atoms with Gasteiger partial charge < -0.3 is 0 Å². The molecule has 1 fully saturated rings. The zero-order valence-corrected chi connectivity index (χ0v) is 10.6. The Balaban J connectivity index is 2.37. The first-order valence-electron chi connectivity index (χ1n) is 6.65. The Morgan fingerprint density at radius 1 is 1.20 bits per heavy atom. The fraction of sp³-hybridized carbons (Fsp3) is 0.929. The van der Waals surface area contributed by atoms with E-state index in [4.69, 9.17) is 0 Å². The Morgan fingerprint density at radius 3 is 2.33 bits per heavy atom. The second-order valence-corrected chi connectivity index (χ2v) is 5.55. The van der Waals surface area contributed by atoms with Crippen molar-refractivity contribution in [2.75, 3.05) is 0 Å². The van der Waals surface area contributed by atoms with Gasteiger partial charge in [0.1, 0.15) is 5.78 Å². The van der Waals surface area contributed by atoms with E-state index in [0.29, 0.717) is 17.6 Å². The van der Waals surface area contributed by atoms with Crippen LogP contribution in [0.15, 0.2) is 0 Å². The van der Waals surface area contributed by atoms with Crippen LogP contribution in [0.1, 0.15) is 65.7 Å². The van der Waals surface area contributed by atoms with Crippen molar-refractivity contribution >= 4 is 5.78 Å². The van der Waals surface area contributed by atoms with Crippen LogP contribution < -0.4 is 0 Å². The van der Waals surface area contributed by atoms with E-state index < -0.39 is 0 Å². The van der Waals surface area contributed by atoms with Crippen LogP contribution in [-0.2, 0) is 4.79 Å². The first kappa shape index (κ1) is 12.7. The second kappa shape index (κ2) is 6.30. The number of carbonyl (C=O) groups is 1. The van der Waals surface area contributed by atoms with Crippen molar-refractivity contribution in [3.05, 3.63) is 0 Å². The molecule has 0 N–H and O–H groups in total. The van der Waals surface area contributed by atoms with Crippen molar-refractivity contribution in [2.24, 2.45) is 17.8 Å². The number of rotatable bonds is 5. The number of hydrogen-bond acceptors (Lipinski definition) is 1. The van der Waals surface area contributed by atoms with E-state index in [1.54, 1.807) is 0 Å². The van der Waals surface area contributed by atoms with Gasteiger partial charge in [0.05, 0.1) is 0 Å². The maximum Gasteiger partial charge on any atom is 0.133 e. The summed E-state index contributed by atoms with van der Waals surface area (Å²) < 4.78 is 0. The van der Waals surface area contributed by atoms with Crippen molar-refractivity contribution < 1.29 is 4.79 Å². The van der Waals surface area contributed by atoms with Gasteiger partial charge in [-0.2, -0.15) is 0 Å². The summed E-state index contributed by atoms with van der Waals surface area (Å²) in [6.45, 7) is 6.54. The molecule has 1 saturated carbocycles. The van der Waals surface area contributed by atoms with Crippen LogP contribution in [0.3, 0.4) is 0 Å². The number of hydrogen-bond donors (Lipinski definition) is 0. The van der Waals surface area contributed by atoms with E-state index in [9.17, 15) is 4.79 Å². The fourth-order valence-corrected chi connectivity index (χ4v) is 2.92. The Kier molecular flexibility index (Phi) is 5.35. The van der Waals surface area contributed by atoms with Gasteiger partial charge >= 0.3 is 0 Å². The average Bonchev–Trinajstić information content (AvgIpc) is 2.17. The van der Waals surface area contributed by atoms with Crippen molar-refractivity contribution in [1.82, 2.24) is 0 Å². The SMILES string of the molecule is CCC1CCCCC1CC(=O)CC(C)C. The van der Waals surface area contributed by atoms with Gasteiger partial charge in [0.2, 0.25) is 0 Å². The van der Waals surface area contributed by atoms with Gasteiger partial charge in [0, 0.05) is 12.8 Å². The number of carbonyl (C=O) groups excluding carboxylic acids is 1. The summed E-state index contributed by atoms with van der Waals surface area (Å²) in [5.74, 6) is 2.56. The van der Waals surface area contributed by atoms with E-state index >= 15 is 0 Å². The standard InChI is InChI=1S/C14H26O/c1-4-12-7-5-6-8-13(12)10-14(15)9-11(2)3/h11-13H,4-10H2,1-3H3. The molecule has 1 nitrogen and oxygen atoms in total. The Labute approximate surface area is 94.6 Å². The summed E-state index contributed by atoms with van der Waals surface area (Å²) in [5.41, 5.74) is 0. The molecule has 1 heteroatoms. The molecule has 0 aliphatic heterocycles. The quantitative estimate of drug-likeness (QED) is 0.664. The predicted molar refractivity (Wildman–Crippen MR) is 64.8 cm³/mol. The Morgan fingerprint density at radius 2 is 1.80 bits per heavy atom. The highest BCUT2D eigenvalue weighted by Crippen LogP contribution is 2.34. The molecule has 0 aromatic carbocycles. The molecule has 0 spiro atoms. The van der Waals surface area contributed by atoms with Crippen molar-refractivity contribution in [3.63, 3.8) is 0 Å². The van der Waals surface area contributed by atoms with Gasteiger partial charge in [-0.15, -0.1) is 0 Å². The lowest BCUT2D eigenvalue weighted by Gasteiger charge is -2.30. The molecule has 0 saturated heterocycles. The topological polar surface area (TPSA) is 17.1 Å². The molecule has 0 amide bonds. The molecule has 2 unspecified atom stereocenters. The van der Waals surface area contributed by atoms with Crippen LogP contribution in [-0.4, -0.2) is 5.78 Å². The summed E-state index contributed by atoms with van der Waals surface area (Å²) >= 11 is 0. The molecule has 1 rings (SSSR count). The smallest absolute Gasteiger partial charge is 0.133 e. The van der Waals surface area contributed by atoms with Gasteiger partial charge in [0.15, 0.2) is 0 Å². The lowest BCUT2D eigenvalue weighted by Crippen LogP contribution is -2.22. The van der Waals surface area contributed by atoms with Crippen LogP contribution in [0.5, 0.6) is 0 Å². The lowest BCUT2D eigenvalue weighted by atomic mass is 9.75. The molecule has 0 radical (unpaired) electrons. The van der Waals surface area contributed by atoms with E-state index in [1.807, 2.05) is 0 Å². The number of Topliss-reactive ketones (excluding diaryl/α,β-unsaturated/α-hetero) is 1. The third-order valence-corrected chi connectivity index (χ3v) is 3.72. The van der Waals surface area contributed by atoms with E-state index in [-0.39, 0.29) is 0 Å². The van der Waals surface area contributed by atoms with Gasteiger partial charge in [0.25, 0.3) is 0 Å². The molecule has 1 aliphatic carbocycles. The minimum atomic E-state index is 0.496. The first-order chi connectivity index (χ1) is 7.13. The van der Waals surface area contributed by atoms with E-state index in [0.717, 1.165) is 18.8 Å². The molecular weight excluding hydrogens is 184 g/mol. The van der Waals surface area contributed by atoms with Crippen LogP contribution in [0.4, 0.5) is 0 Å². The predicted octanol–water partition coefficient (Wildman–Crippen LogP) is 4.21. The molecule has 88 valence electrons. The van der Waals surface area contributed by atoms with Crippen molar-refractivity contribution in [2.45, 2.75) is 65.7 Å². The fourth-order valence-electron chi connectivity index (χ4n) is 2.92. The molecule has 0 aromatic rings. The maximum atomic E-state index is 11.8. The van der Waals surface area contributed by atoms with Crippen LogP contribution in [0.25, 0.3) is 0 Å². The summed E-state index contributed by atoms with van der Waals surface area (Å²) in [6.07, 6.45) is 8.28. The van der Waals surface area contributed by atoms with Crippen LogP contribution >= 0.6 is 0 Å². The maximum absolute atomic E-state index is 11.8. The summed E-state index contributed by atoms with van der Waals surface area (Å²) in [5, 5.41) is 0. The van der Waals surface area contributed by atoms with Gasteiger partial charge in [-0.25, -0.2) is 0 Å². The lowest BCUT2D eigenvalue weighted by molar-refractivity contribution is -0.121. The number of ketones is 1. The Bertz CT molecular complexity index is 196. The van der Waals surface area contributed by atoms with Crippen LogP contribution in [0.2, 0.25) is 0 Å². The summed E-state index contributed by atoms with van der Waals surface area (Å²) in [4.78, 5) is 11.8. The van der Waals surface area contributed by atoms with Crippen molar-refractivity contribution in [3.8, 4) is 0 Å². The molecule has 0 aromatic heterocycles. The molecular formula is C14H26O. The normalized spacial score (nSPS) is 26.9. The average molecular weight is 210 g/mol.